The molecule has 194 valence electrons. The van der Waals surface area contributed by atoms with Crippen molar-refractivity contribution >= 4 is 12.1 Å². The number of carboxylic acids is 1. The van der Waals surface area contributed by atoms with Gasteiger partial charge in [0, 0.05) is 29.9 Å². The maximum Gasteiger partial charge on any atom is 0.408 e. The summed E-state index contributed by atoms with van der Waals surface area (Å²) >= 11 is 0. The standard InChI is InChI=1S/C31H31N3O4/c1-31(2,3)26-15-13-23(14-16-26)25-18-32-28(33-19-25)24-11-9-21(10-12-24)17-27(29(35)36)34-30(37)38-20-22-7-5-4-6-8-22/h4-16,18-19,27H,17,20H2,1-3H3,(H,34,37)(H,35,36)/t27-/m0/s1. The molecule has 1 heterocycles. The SMILES string of the molecule is CC(C)(C)c1ccc(-c2cnc(-c3ccc(C[C@H](NC(=O)OCc4ccccc4)C(=O)O)cc3)nc2)cc1. The lowest BCUT2D eigenvalue weighted by atomic mass is 9.86. The van der Waals surface area contributed by atoms with E-state index < -0.39 is 18.1 Å². The maximum atomic E-state index is 12.1. The van der Waals surface area contributed by atoms with Crippen LogP contribution in [0.3, 0.4) is 0 Å². The molecule has 2 N–H and O–H groups in total. The quantitative estimate of drug-likeness (QED) is 0.301. The van der Waals surface area contributed by atoms with E-state index in [1.807, 2.05) is 54.6 Å². The Morgan fingerprint density at radius 2 is 1.42 bits per heavy atom. The van der Waals surface area contributed by atoms with Gasteiger partial charge in [0.1, 0.15) is 12.6 Å². The van der Waals surface area contributed by atoms with Crippen molar-refractivity contribution in [2.75, 3.05) is 0 Å². The van der Waals surface area contributed by atoms with Crippen molar-refractivity contribution in [1.82, 2.24) is 15.3 Å². The highest BCUT2D eigenvalue weighted by Crippen LogP contribution is 2.26. The molecule has 0 radical (unpaired) electrons. The molecule has 4 aromatic rings. The van der Waals surface area contributed by atoms with Crippen molar-refractivity contribution < 1.29 is 19.4 Å². The van der Waals surface area contributed by atoms with E-state index in [0.717, 1.165) is 27.8 Å². The molecule has 1 aromatic heterocycles. The van der Waals surface area contributed by atoms with Crippen molar-refractivity contribution in [1.29, 1.82) is 0 Å². The summed E-state index contributed by atoms with van der Waals surface area (Å²) in [6, 6.07) is 23.8. The molecule has 0 aliphatic carbocycles. The van der Waals surface area contributed by atoms with Crippen LogP contribution < -0.4 is 5.32 Å². The lowest BCUT2D eigenvalue weighted by molar-refractivity contribution is -0.139. The average Bonchev–Trinajstić information content (AvgIpc) is 2.92. The zero-order chi connectivity index (χ0) is 27.1. The number of aliphatic carboxylic acids is 1. The Labute approximate surface area is 222 Å². The Kier molecular flexibility index (Phi) is 8.16. The fourth-order valence-corrected chi connectivity index (χ4v) is 3.92. The molecule has 0 saturated carbocycles. The van der Waals surface area contributed by atoms with Gasteiger partial charge in [-0.1, -0.05) is 99.6 Å². The first-order chi connectivity index (χ1) is 18.2. The number of hydrogen-bond donors (Lipinski definition) is 2. The van der Waals surface area contributed by atoms with Crippen molar-refractivity contribution in [2.45, 2.75) is 45.3 Å². The van der Waals surface area contributed by atoms with E-state index in [1.165, 1.54) is 5.56 Å². The Morgan fingerprint density at radius 3 is 2.00 bits per heavy atom. The van der Waals surface area contributed by atoms with Crippen LogP contribution in [-0.4, -0.2) is 33.2 Å². The Bertz CT molecular complexity index is 1360. The van der Waals surface area contributed by atoms with E-state index in [1.54, 1.807) is 12.4 Å². The molecule has 7 nitrogen and oxygen atoms in total. The summed E-state index contributed by atoms with van der Waals surface area (Å²) in [6.45, 7) is 6.62. The smallest absolute Gasteiger partial charge is 0.408 e. The number of nitrogens with zero attached hydrogens (tertiary/aromatic N) is 2. The van der Waals surface area contributed by atoms with Gasteiger partial charge in [-0.05, 0) is 27.7 Å². The van der Waals surface area contributed by atoms with Crippen LogP contribution in [0.2, 0.25) is 0 Å². The first kappa shape index (κ1) is 26.5. The van der Waals surface area contributed by atoms with Crippen LogP contribution in [0, 0.1) is 0 Å². The van der Waals surface area contributed by atoms with Crippen molar-refractivity contribution in [3.63, 3.8) is 0 Å². The van der Waals surface area contributed by atoms with Gasteiger partial charge in [-0.15, -0.1) is 0 Å². The molecule has 0 unspecified atom stereocenters. The molecule has 0 aliphatic heterocycles. The van der Waals surface area contributed by atoms with Gasteiger partial charge >= 0.3 is 12.1 Å². The minimum Gasteiger partial charge on any atom is -0.480 e. The van der Waals surface area contributed by atoms with Gasteiger partial charge in [-0.3, -0.25) is 0 Å². The number of benzene rings is 3. The number of carbonyl (C=O) groups is 2. The number of alkyl carbamates (subject to hydrolysis) is 1. The van der Waals surface area contributed by atoms with Gasteiger partial charge in [0.25, 0.3) is 0 Å². The van der Waals surface area contributed by atoms with Crippen LogP contribution in [0.4, 0.5) is 4.79 Å². The summed E-state index contributed by atoms with van der Waals surface area (Å²) in [5, 5.41) is 12.0. The molecular weight excluding hydrogens is 478 g/mol. The number of carbonyl (C=O) groups excluding carboxylic acids is 1. The van der Waals surface area contributed by atoms with E-state index in [4.69, 9.17) is 4.74 Å². The van der Waals surface area contributed by atoms with Gasteiger partial charge in [0.05, 0.1) is 0 Å². The van der Waals surface area contributed by atoms with Crippen molar-refractivity contribution in [3.8, 4) is 22.5 Å². The third-order valence-electron chi connectivity index (χ3n) is 6.19. The third kappa shape index (κ3) is 7.03. The molecule has 0 spiro atoms. The van der Waals surface area contributed by atoms with Gasteiger partial charge in [-0.2, -0.15) is 0 Å². The van der Waals surface area contributed by atoms with Crippen LogP contribution in [0.15, 0.2) is 91.3 Å². The minimum atomic E-state index is -1.14. The molecule has 0 aliphatic rings. The summed E-state index contributed by atoms with van der Waals surface area (Å²) in [5.41, 5.74) is 5.72. The van der Waals surface area contributed by atoms with Crippen LogP contribution >= 0.6 is 0 Å². The molecule has 0 bridgehead atoms. The summed E-state index contributed by atoms with van der Waals surface area (Å²) in [4.78, 5) is 32.9. The second kappa shape index (κ2) is 11.7. The predicted octanol–water partition coefficient (Wildman–Crippen LogP) is 6.03. The Morgan fingerprint density at radius 1 is 0.816 bits per heavy atom. The van der Waals surface area contributed by atoms with E-state index in [-0.39, 0.29) is 18.4 Å². The van der Waals surface area contributed by atoms with E-state index in [2.05, 4.69) is 60.3 Å². The molecule has 1 atom stereocenters. The summed E-state index contributed by atoms with van der Waals surface area (Å²) in [7, 11) is 0. The van der Waals surface area contributed by atoms with Gasteiger partial charge < -0.3 is 15.2 Å². The normalized spacial score (nSPS) is 12.0. The van der Waals surface area contributed by atoms with E-state index >= 15 is 0 Å². The minimum absolute atomic E-state index is 0.0642. The Balaban J connectivity index is 1.36. The first-order valence-electron chi connectivity index (χ1n) is 12.4. The fraction of sp³-hybridized carbons (Fsp3) is 0.226. The average molecular weight is 510 g/mol. The summed E-state index contributed by atoms with van der Waals surface area (Å²) < 4.78 is 5.16. The number of nitrogens with one attached hydrogen (secondary N) is 1. The fourth-order valence-electron chi connectivity index (χ4n) is 3.92. The van der Waals surface area contributed by atoms with Crippen LogP contribution in [-0.2, 0) is 28.0 Å². The second-order valence-electron chi connectivity index (χ2n) is 10.1. The number of carboxylic acid groups (broad SMARTS) is 1. The maximum absolute atomic E-state index is 12.1. The van der Waals surface area contributed by atoms with Crippen LogP contribution in [0.5, 0.6) is 0 Å². The number of ether oxygens (including phenoxy) is 1. The summed E-state index contributed by atoms with van der Waals surface area (Å²) in [5.74, 6) is -0.566. The predicted molar refractivity (Wildman–Crippen MR) is 146 cm³/mol. The summed E-state index contributed by atoms with van der Waals surface area (Å²) in [6.07, 6.45) is 2.93. The zero-order valence-electron chi connectivity index (χ0n) is 21.7. The zero-order valence-corrected chi connectivity index (χ0v) is 21.7. The molecular formula is C31H31N3O4. The molecule has 0 saturated heterocycles. The molecule has 0 fully saturated rings. The third-order valence-corrected chi connectivity index (χ3v) is 6.19. The van der Waals surface area contributed by atoms with Crippen molar-refractivity contribution in [2.24, 2.45) is 0 Å². The molecule has 1 amide bonds. The lowest BCUT2D eigenvalue weighted by Gasteiger charge is -2.19. The highest BCUT2D eigenvalue weighted by molar-refractivity contribution is 5.80. The number of rotatable bonds is 8. The van der Waals surface area contributed by atoms with Gasteiger partial charge in [0.15, 0.2) is 5.82 Å². The molecule has 38 heavy (non-hydrogen) atoms. The monoisotopic (exact) mass is 509 g/mol. The Hall–Kier alpha value is -4.52. The topological polar surface area (TPSA) is 101 Å². The van der Waals surface area contributed by atoms with Crippen molar-refractivity contribution in [3.05, 3.63) is 108 Å². The van der Waals surface area contributed by atoms with E-state index in [0.29, 0.717) is 5.82 Å². The van der Waals surface area contributed by atoms with Crippen LogP contribution in [0.1, 0.15) is 37.5 Å². The van der Waals surface area contributed by atoms with Gasteiger partial charge in [0.2, 0.25) is 0 Å². The molecule has 7 heteroatoms. The highest BCUT2D eigenvalue weighted by Gasteiger charge is 2.21. The van der Waals surface area contributed by atoms with Crippen LogP contribution in [0.25, 0.3) is 22.5 Å². The highest BCUT2D eigenvalue weighted by atomic mass is 16.5. The van der Waals surface area contributed by atoms with Gasteiger partial charge in [-0.25, -0.2) is 19.6 Å². The van der Waals surface area contributed by atoms with E-state index in [9.17, 15) is 14.7 Å². The number of amides is 1. The second-order valence-corrected chi connectivity index (χ2v) is 10.1. The number of hydrogen-bond acceptors (Lipinski definition) is 5. The first-order valence-corrected chi connectivity index (χ1v) is 12.4. The number of aromatic nitrogens is 2. The lowest BCUT2D eigenvalue weighted by Crippen LogP contribution is -2.42. The largest absolute Gasteiger partial charge is 0.480 e. The molecule has 4 rings (SSSR count). The molecule has 3 aromatic carbocycles.